The summed E-state index contributed by atoms with van der Waals surface area (Å²) in [6, 6.07) is 11.9. The van der Waals surface area contributed by atoms with Crippen LogP contribution in [0.15, 0.2) is 47.0 Å². The molecule has 0 aliphatic heterocycles. The van der Waals surface area contributed by atoms with E-state index in [9.17, 15) is 5.11 Å². The second-order valence-electron chi connectivity index (χ2n) is 5.08. The number of methoxy groups -OCH3 is 2. The molecule has 0 aliphatic rings. The maximum Gasteiger partial charge on any atom is 0.269 e. The van der Waals surface area contributed by atoms with E-state index >= 15 is 0 Å². The quantitative estimate of drug-likeness (QED) is 0.736. The first-order valence-electron chi connectivity index (χ1n) is 7.33. The predicted octanol–water partition coefficient (Wildman–Crippen LogP) is 4.20. The number of hydrogen-bond donors (Lipinski definition) is 1. The van der Waals surface area contributed by atoms with Crippen LogP contribution in [0.5, 0.6) is 17.2 Å². The van der Waals surface area contributed by atoms with Crippen LogP contribution in [-0.2, 0) is 0 Å². The van der Waals surface area contributed by atoms with Crippen molar-refractivity contribution in [2.45, 2.75) is 0 Å². The van der Waals surface area contributed by atoms with Gasteiger partial charge in [0.15, 0.2) is 0 Å². The monoisotopic (exact) mass is 358 g/mol. The van der Waals surface area contributed by atoms with Gasteiger partial charge >= 0.3 is 0 Å². The Balaban J connectivity index is 1.92. The van der Waals surface area contributed by atoms with Gasteiger partial charge in [-0.3, -0.25) is 0 Å². The van der Waals surface area contributed by atoms with Crippen LogP contribution in [0.2, 0.25) is 0 Å². The van der Waals surface area contributed by atoms with Crippen LogP contribution < -0.4 is 9.47 Å². The van der Waals surface area contributed by atoms with E-state index in [1.54, 1.807) is 62.8 Å². The normalized spacial score (nSPS) is 11.4. The zero-order valence-corrected chi connectivity index (χ0v) is 14.3. The maximum absolute atomic E-state index is 9.50. The number of aromatic hydroxyl groups is 1. The molecule has 25 heavy (non-hydrogen) atoms. The van der Waals surface area contributed by atoms with Gasteiger partial charge in [0.1, 0.15) is 22.3 Å². The molecular weight excluding hydrogens is 344 g/mol. The highest BCUT2D eigenvalue weighted by atomic mass is 35.5. The second-order valence-corrected chi connectivity index (χ2v) is 5.48. The average Bonchev–Trinajstić information content (AvgIpc) is 3.11. The third kappa shape index (κ3) is 3.75. The Morgan fingerprint density at radius 1 is 1.16 bits per heavy atom. The van der Waals surface area contributed by atoms with Crippen LogP contribution in [0.1, 0.15) is 11.5 Å². The molecule has 0 aliphatic carbocycles. The van der Waals surface area contributed by atoms with Crippen molar-refractivity contribution in [2.75, 3.05) is 14.2 Å². The molecular formula is C18H15ClN2O4. The number of phenols is 1. The highest BCUT2D eigenvalue weighted by molar-refractivity contribution is 6.50. The number of halogens is 1. The Morgan fingerprint density at radius 3 is 2.72 bits per heavy atom. The molecule has 3 rings (SSSR count). The van der Waals surface area contributed by atoms with Gasteiger partial charge in [-0.1, -0.05) is 28.9 Å². The Hall–Kier alpha value is -2.99. The minimum Gasteiger partial charge on any atom is -0.508 e. The van der Waals surface area contributed by atoms with Crippen molar-refractivity contribution >= 4 is 22.7 Å². The Bertz CT molecular complexity index is 921. The first kappa shape index (κ1) is 16.9. The third-order valence-corrected chi connectivity index (χ3v) is 3.71. The molecule has 2 aromatic carbocycles. The second kappa shape index (κ2) is 7.27. The average molecular weight is 359 g/mol. The molecule has 0 amide bonds. The van der Waals surface area contributed by atoms with E-state index in [-0.39, 0.29) is 16.7 Å². The largest absolute Gasteiger partial charge is 0.508 e. The number of phenolic OH excluding ortho intramolecular Hbond substituents is 1. The predicted molar refractivity (Wildman–Crippen MR) is 94.7 cm³/mol. The van der Waals surface area contributed by atoms with E-state index in [1.165, 1.54) is 0 Å². The zero-order chi connectivity index (χ0) is 17.8. The van der Waals surface area contributed by atoms with Gasteiger partial charge in [-0.05, 0) is 35.9 Å². The molecule has 6 nitrogen and oxygen atoms in total. The minimum atomic E-state index is 0.146. The summed E-state index contributed by atoms with van der Waals surface area (Å²) in [5.41, 5.74) is 1.37. The number of hydrogen-bond acceptors (Lipinski definition) is 6. The molecule has 0 saturated heterocycles. The topological polar surface area (TPSA) is 77.6 Å². The number of nitrogens with zero attached hydrogens (tertiary/aromatic N) is 2. The Kier molecular flexibility index (Phi) is 4.90. The number of benzene rings is 2. The summed E-state index contributed by atoms with van der Waals surface area (Å²) in [4.78, 5) is 4.30. The van der Waals surface area contributed by atoms with Crippen LogP contribution in [0.3, 0.4) is 0 Å². The molecule has 0 bridgehead atoms. The number of ether oxygens (including phenoxy) is 2. The summed E-state index contributed by atoms with van der Waals surface area (Å²) in [7, 11) is 3.13. The molecule has 0 fully saturated rings. The number of rotatable bonds is 5. The van der Waals surface area contributed by atoms with Crippen LogP contribution in [0.4, 0.5) is 0 Å². The van der Waals surface area contributed by atoms with Gasteiger partial charge in [0.2, 0.25) is 5.82 Å². The molecule has 0 radical (unpaired) electrons. The lowest BCUT2D eigenvalue weighted by molar-refractivity contribution is 0.393. The zero-order valence-electron chi connectivity index (χ0n) is 13.6. The standard InChI is InChI=1S/C18H15ClN2O4/c1-23-13-6-7-14(16(10-13)24-2)17-20-18(25-21-17)15(19)9-11-4-3-5-12(22)8-11/h3-10,22H,1-2H3/b15-9-. The molecule has 128 valence electrons. The van der Waals surface area contributed by atoms with E-state index in [4.69, 9.17) is 25.6 Å². The van der Waals surface area contributed by atoms with Gasteiger partial charge in [-0.15, -0.1) is 0 Å². The summed E-state index contributed by atoms with van der Waals surface area (Å²) in [5.74, 6) is 1.87. The van der Waals surface area contributed by atoms with E-state index in [1.807, 2.05) is 0 Å². The summed E-state index contributed by atoms with van der Waals surface area (Å²) < 4.78 is 15.7. The lowest BCUT2D eigenvalue weighted by Crippen LogP contribution is -1.91. The minimum absolute atomic E-state index is 0.146. The van der Waals surface area contributed by atoms with Gasteiger partial charge in [-0.2, -0.15) is 4.98 Å². The smallest absolute Gasteiger partial charge is 0.269 e. The highest BCUT2D eigenvalue weighted by Crippen LogP contribution is 2.32. The molecule has 0 spiro atoms. The van der Waals surface area contributed by atoms with Gasteiger partial charge in [0.05, 0.1) is 19.8 Å². The molecule has 1 aromatic heterocycles. The SMILES string of the molecule is COc1ccc(-c2noc(/C(Cl)=C/c3cccc(O)c3)n2)c(OC)c1. The van der Waals surface area contributed by atoms with Crippen molar-refractivity contribution < 1.29 is 19.1 Å². The fourth-order valence-electron chi connectivity index (χ4n) is 2.24. The first-order chi connectivity index (χ1) is 12.1. The van der Waals surface area contributed by atoms with Crippen LogP contribution in [-0.4, -0.2) is 29.5 Å². The van der Waals surface area contributed by atoms with Crippen molar-refractivity contribution in [1.29, 1.82) is 0 Å². The summed E-state index contributed by atoms with van der Waals surface area (Å²) in [5, 5.41) is 13.7. The van der Waals surface area contributed by atoms with Crippen molar-refractivity contribution in [3.8, 4) is 28.6 Å². The molecule has 3 aromatic rings. The Morgan fingerprint density at radius 2 is 2.00 bits per heavy atom. The van der Waals surface area contributed by atoms with E-state index in [0.717, 1.165) is 0 Å². The highest BCUT2D eigenvalue weighted by Gasteiger charge is 2.16. The van der Waals surface area contributed by atoms with Crippen molar-refractivity contribution in [2.24, 2.45) is 0 Å². The molecule has 0 saturated carbocycles. The first-order valence-corrected chi connectivity index (χ1v) is 7.71. The molecule has 0 atom stereocenters. The summed E-state index contributed by atoms with van der Waals surface area (Å²) in [6.07, 6.45) is 1.63. The van der Waals surface area contributed by atoms with E-state index in [2.05, 4.69) is 10.1 Å². The summed E-state index contributed by atoms with van der Waals surface area (Å²) >= 11 is 6.25. The van der Waals surface area contributed by atoms with Crippen molar-refractivity contribution in [3.05, 3.63) is 53.9 Å². The van der Waals surface area contributed by atoms with Gasteiger partial charge in [0.25, 0.3) is 5.89 Å². The third-order valence-electron chi connectivity index (χ3n) is 3.44. The van der Waals surface area contributed by atoms with Crippen LogP contribution in [0, 0.1) is 0 Å². The van der Waals surface area contributed by atoms with Crippen LogP contribution in [0.25, 0.3) is 22.5 Å². The lowest BCUT2D eigenvalue weighted by Gasteiger charge is -2.07. The van der Waals surface area contributed by atoms with Crippen molar-refractivity contribution in [1.82, 2.24) is 10.1 Å². The Labute approximate surface area is 149 Å². The molecule has 1 N–H and O–H groups in total. The maximum atomic E-state index is 9.50. The molecule has 0 unspecified atom stereocenters. The van der Waals surface area contributed by atoms with Crippen molar-refractivity contribution in [3.63, 3.8) is 0 Å². The molecule has 7 heteroatoms. The van der Waals surface area contributed by atoms with Crippen LogP contribution >= 0.6 is 11.6 Å². The van der Waals surface area contributed by atoms with E-state index in [0.29, 0.717) is 28.5 Å². The van der Waals surface area contributed by atoms with Gasteiger partial charge < -0.3 is 19.1 Å². The fourth-order valence-corrected chi connectivity index (χ4v) is 2.44. The van der Waals surface area contributed by atoms with Gasteiger partial charge in [-0.25, -0.2) is 0 Å². The van der Waals surface area contributed by atoms with Gasteiger partial charge in [0, 0.05) is 6.07 Å². The van der Waals surface area contributed by atoms with E-state index < -0.39 is 0 Å². The summed E-state index contributed by atoms with van der Waals surface area (Å²) in [6.45, 7) is 0. The molecule has 1 heterocycles. The fraction of sp³-hybridized carbons (Fsp3) is 0.111. The lowest BCUT2D eigenvalue weighted by atomic mass is 10.2. The number of aromatic nitrogens is 2.